The van der Waals surface area contributed by atoms with Gasteiger partial charge in [-0.15, -0.1) is 0 Å². The average molecular weight is 462 g/mol. The van der Waals surface area contributed by atoms with Crippen LogP contribution in [0.25, 0.3) is 16.2 Å². The molecule has 0 spiro atoms. The van der Waals surface area contributed by atoms with Crippen LogP contribution in [0.5, 0.6) is 0 Å². The van der Waals surface area contributed by atoms with Gasteiger partial charge in [0.2, 0.25) is 16.5 Å². The third-order valence-electron chi connectivity index (χ3n) is 5.00. The minimum absolute atomic E-state index is 0.0309. The van der Waals surface area contributed by atoms with Crippen LogP contribution < -0.4 is 15.6 Å². The number of hydrogen-bond donors (Lipinski definition) is 2. The largest absolute Gasteiger partial charge is 0.477 e. The molecule has 4 rings (SSSR count). The van der Waals surface area contributed by atoms with Gasteiger partial charge in [0.25, 0.3) is 0 Å². The van der Waals surface area contributed by atoms with E-state index in [1.807, 2.05) is 6.92 Å². The summed E-state index contributed by atoms with van der Waals surface area (Å²) >= 11 is 0.967. The predicted molar refractivity (Wildman–Crippen MR) is 113 cm³/mol. The third kappa shape index (κ3) is 4.03. The number of nitrogens with zero attached hydrogens (tertiary/aromatic N) is 5. The van der Waals surface area contributed by atoms with E-state index in [0.29, 0.717) is 19.8 Å². The molecule has 0 aromatic carbocycles. The van der Waals surface area contributed by atoms with Crippen LogP contribution in [-0.4, -0.2) is 68.7 Å². The molecule has 32 heavy (non-hydrogen) atoms. The number of halogens is 1. The fourth-order valence-corrected chi connectivity index (χ4v) is 3.87. The number of aromatic nitrogens is 4. The van der Waals surface area contributed by atoms with Gasteiger partial charge in [0.1, 0.15) is 11.9 Å². The Morgan fingerprint density at radius 3 is 2.84 bits per heavy atom. The normalized spacial score (nSPS) is 13.9. The Bertz CT molecular complexity index is 1230. The second kappa shape index (κ2) is 8.96. The highest BCUT2D eigenvalue weighted by Gasteiger charge is 2.35. The van der Waals surface area contributed by atoms with E-state index < -0.39 is 22.8 Å². The Kier molecular flexibility index (Phi) is 6.10. The first kappa shape index (κ1) is 21.8. The molecule has 0 unspecified atom stereocenters. The van der Waals surface area contributed by atoms with Crippen LogP contribution >= 0.6 is 11.5 Å². The van der Waals surface area contributed by atoms with Crippen molar-refractivity contribution in [3.63, 3.8) is 0 Å². The number of carbonyl (C=O) groups excluding carboxylic acids is 1. The molecule has 0 atom stereocenters. The fourth-order valence-electron chi connectivity index (χ4n) is 3.36. The van der Waals surface area contributed by atoms with Gasteiger partial charge in [0.15, 0.2) is 17.3 Å². The van der Waals surface area contributed by atoms with Crippen molar-refractivity contribution in [1.82, 2.24) is 24.2 Å². The lowest BCUT2D eigenvalue weighted by Crippen LogP contribution is -2.54. The maximum Gasteiger partial charge on any atom is 0.341 e. The highest BCUT2D eigenvalue weighted by atomic mass is 32.1. The van der Waals surface area contributed by atoms with E-state index >= 15 is 0 Å². The summed E-state index contributed by atoms with van der Waals surface area (Å²) in [5.74, 6) is -2.74. The zero-order chi connectivity index (χ0) is 22.8. The first-order valence-electron chi connectivity index (χ1n) is 9.77. The number of pyridine rings is 2. The monoisotopic (exact) mass is 462 g/mol. The lowest BCUT2D eigenvalue weighted by Gasteiger charge is -2.39. The quantitative estimate of drug-likeness (QED) is 0.462. The molecule has 2 N–H and O–H groups in total. The number of aromatic carboxylic acids is 1. The molecule has 3 aromatic rings. The number of amides is 1. The summed E-state index contributed by atoms with van der Waals surface area (Å²) in [6.45, 7) is 3.75. The number of anilines is 1. The number of ether oxygens (including phenoxy) is 1. The van der Waals surface area contributed by atoms with Gasteiger partial charge in [-0.1, -0.05) is 0 Å². The first-order chi connectivity index (χ1) is 15.4. The van der Waals surface area contributed by atoms with Crippen molar-refractivity contribution in [3.8, 4) is 5.13 Å². The second-order valence-electron chi connectivity index (χ2n) is 7.03. The van der Waals surface area contributed by atoms with Crippen molar-refractivity contribution in [1.29, 1.82) is 0 Å². The zero-order valence-corrected chi connectivity index (χ0v) is 17.8. The number of carbonyl (C=O) groups is 2. The molecule has 0 radical (unpaired) electrons. The molecule has 1 saturated heterocycles. The molecule has 1 aliphatic rings. The molecular formula is C19H19FN6O5S. The minimum atomic E-state index is -1.44. The van der Waals surface area contributed by atoms with E-state index in [2.05, 4.69) is 19.7 Å². The topological polar surface area (TPSA) is 140 Å². The van der Waals surface area contributed by atoms with Crippen molar-refractivity contribution in [2.24, 2.45) is 5.92 Å². The number of carboxylic acids is 1. The summed E-state index contributed by atoms with van der Waals surface area (Å²) in [5.41, 5.74) is -1.33. The summed E-state index contributed by atoms with van der Waals surface area (Å²) in [6.07, 6.45) is 2.38. The van der Waals surface area contributed by atoms with Crippen LogP contribution in [-0.2, 0) is 9.53 Å². The van der Waals surface area contributed by atoms with Crippen LogP contribution in [0, 0.1) is 11.7 Å². The third-order valence-corrected chi connectivity index (χ3v) is 5.67. The summed E-state index contributed by atoms with van der Waals surface area (Å²) < 4.78 is 25.2. The Morgan fingerprint density at radius 1 is 1.41 bits per heavy atom. The highest BCUT2D eigenvalue weighted by Crippen LogP contribution is 2.28. The van der Waals surface area contributed by atoms with Gasteiger partial charge >= 0.3 is 5.97 Å². The Morgan fingerprint density at radius 2 is 2.19 bits per heavy atom. The smallest absolute Gasteiger partial charge is 0.341 e. The van der Waals surface area contributed by atoms with Gasteiger partial charge in [-0.25, -0.2) is 19.2 Å². The van der Waals surface area contributed by atoms with E-state index in [9.17, 15) is 23.9 Å². The van der Waals surface area contributed by atoms with Gasteiger partial charge in [0, 0.05) is 44.0 Å². The Labute approximate surface area is 184 Å². The molecule has 3 aromatic heterocycles. The van der Waals surface area contributed by atoms with E-state index in [4.69, 9.17) is 4.74 Å². The molecule has 0 bridgehead atoms. The van der Waals surface area contributed by atoms with Gasteiger partial charge in [-0.2, -0.15) is 4.37 Å². The number of hydrogen-bond acceptors (Lipinski definition) is 9. The van der Waals surface area contributed by atoms with Crippen LogP contribution in [0.1, 0.15) is 17.3 Å². The fraction of sp³-hybridized carbons (Fsp3) is 0.368. The summed E-state index contributed by atoms with van der Waals surface area (Å²) in [5, 5.41) is 12.2. The SMILES string of the molecule is CCOCCNC(=O)C1CN(c2nc3c(cc2F)c(=O)c(C(=O)O)cn3-c2ncns2)C1. The number of rotatable bonds is 8. The Hall–Kier alpha value is -3.45. The highest BCUT2D eigenvalue weighted by molar-refractivity contribution is 7.08. The van der Waals surface area contributed by atoms with Crippen molar-refractivity contribution in [3.05, 3.63) is 40.2 Å². The maximum atomic E-state index is 14.9. The number of fused-ring (bicyclic) bond motifs is 1. The number of carboxylic acid groups (broad SMARTS) is 1. The average Bonchev–Trinajstić information content (AvgIpc) is 3.26. The molecule has 11 nitrogen and oxygen atoms in total. The molecule has 4 heterocycles. The molecule has 1 fully saturated rings. The van der Waals surface area contributed by atoms with E-state index in [-0.39, 0.29) is 46.9 Å². The van der Waals surface area contributed by atoms with Crippen LogP contribution in [0.3, 0.4) is 0 Å². The molecule has 1 aliphatic heterocycles. The van der Waals surface area contributed by atoms with Gasteiger partial charge in [0.05, 0.1) is 17.9 Å². The van der Waals surface area contributed by atoms with Crippen LogP contribution in [0.2, 0.25) is 0 Å². The van der Waals surface area contributed by atoms with Gasteiger partial charge < -0.3 is 20.1 Å². The second-order valence-corrected chi connectivity index (χ2v) is 7.78. The summed E-state index contributed by atoms with van der Waals surface area (Å²) in [7, 11) is 0. The van der Waals surface area contributed by atoms with Crippen molar-refractivity contribution >= 4 is 40.3 Å². The first-order valence-corrected chi connectivity index (χ1v) is 10.5. The van der Waals surface area contributed by atoms with Crippen molar-refractivity contribution < 1.29 is 23.8 Å². The maximum absolute atomic E-state index is 14.9. The molecule has 0 saturated carbocycles. The molecule has 168 valence electrons. The lowest BCUT2D eigenvalue weighted by atomic mass is 9.99. The Balaban J connectivity index is 1.64. The minimum Gasteiger partial charge on any atom is -0.477 e. The number of nitrogens with one attached hydrogen (secondary N) is 1. The van der Waals surface area contributed by atoms with E-state index in [0.717, 1.165) is 23.8 Å². The lowest BCUT2D eigenvalue weighted by molar-refractivity contribution is -0.125. The standard InChI is InChI=1S/C19H19FN6O5S/c1-2-31-4-3-21-17(28)10-6-25(7-10)16-13(20)5-11-14(27)12(18(29)30)8-26(15(11)24-16)19-22-9-23-32-19/h5,8-10H,2-4,6-7H2,1H3,(H,21,28)(H,29,30). The van der Waals surface area contributed by atoms with E-state index in [1.54, 1.807) is 4.90 Å². The molecular weight excluding hydrogens is 443 g/mol. The van der Waals surface area contributed by atoms with Gasteiger partial charge in [-0.3, -0.25) is 14.2 Å². The van der Waals surface area contributed by atoms with Crippen LogP contribution in [0.15, 0.2) is 23.4 Å². The summed E-state index contributed by atoms with van der Waals surface area (Å²) in [6, 6.07) is 0.972. The molecule has 0 aliphatic carbocycles. The van der Waals surface area contributed by atoms with Gasteiger partial charge in [-0.05, 0) is 13.0 Å². The zero-order valence-electron chi connectivity index (χ0n) is 16.9. The summed E-state index contributed by atoms with van der Waals surface area (Å²) in [4.78, 5) is 46.2. The van der Waals surface area contributed by atoms with E-state index in [1.165, 1.54) is 10.9 Å². The molecule has 1 amide bonds. The van der Waals surface area contributed by atoms with Crippen LogP contribution in [0.4, 0.5) is 10.2 Å². The predicted octanol–water partition coefficient (Wildman–Crippen LogP) is 0.663. The van der Waals surface area contributed by atoms with Crippen molar-refractivity contribution in [2.75, 3.05) is 37.7 Å². The van der Waals surface area contributed by atoms with Crippen molar-refractivity contribution in [2.45, 2.75) is 6.92 Å². The molecule has 13 heteroatoms.